The lowest BCUT2D eigenvalue weighted by atomic mass is 10.4. The van der Waals surface area contributed by atoms with Crippen molar-refractivity contribution >= 4 is 10.0 Å². The first kappa shape index (κ1) is 14.7. The van der Waals surface area contributed by atoms with Gasteiger partial charge < -0.3 is 5.11 Å². The Labute approximate surface area is 97.9 Å². The van der Waals surface area contributed by atoms with Crippen molar-refractivity contribution < 1.29 is 26.7 Å². The van der Waals surface area contributed by atoms with Gasteiger partial charge in [0.05, 0.1) is 6.61 Å². The highest BCUT2D eigenvalue weighted by atomic mass is 32.2. The maximum atomic E-state index is 12.3. The van der Waals surface area contributed by atoms with E-state index < -0.39 is 15.5 Å². The normalized spacial score (nSPS) is 21.4. The van der Waals surface area contributed by atoms with E-state index >= 15 is 0 Å². The van der Waals surface area contributed by atoms with Crippen LogP contribution in [-0.4, -0.2) is 67.6 Å². The highest BCUT2D eigenvalue weighted by molar-refractivity contribution is 7.90. The predicted octanol–water partition coefficient (Wildman–Crippen LogP) is -0.164. The van der Waals surface area contributed by atoms with Gasteiger partial charge in [-0.3, -0.25) is 4.90 Å². The number of β-amino-alcohol motifs (C(OH)–C–C–N with tert-alkyl or cyclic N) is 1. The zero-order chi connectivity index (χ0) is 13.1. The standard InChI is InChI=1S/C8H15F3N2O3S/c9-8(10,11)17(15,16)13-3-1-2-12(4-5-13)6-7-14/h14H,1-7H2. The Bertz CT molecular complexity index is 344. The second-order valence-corrected chi connectivity index (χ2v) is 5.70. The molecule has 0 aliphatic carbocycles. The summed E-state index contributed by atoms with van der Waals surface area (Å²) in [7, 11) is -5.22. The topological polar surface area (TPSA) is 60.9 Å². The Morgan fingerprint density at radius 1 is 1.12 bits per heavy atom. The van der Waals surface area contributed by atoms with E-state index in [1.54, 1.807) is 4.90 Å². The maximum absolute atomic E-state index is 12.3. The second-order valence-electron chi connectivity index (χ2n) is 3.77. The van der Waals surface area contributed by atoms with E-state index in [9.17, 15) is 21.6 Å². The van der Waals surface area contributed by atoms with Crippen molar-refractivity contribution in [3.05, 3.63) is 0 Å². The minimum absolute atomic E-state index is 0.0912. The van der Waals surface area contributed by atoms with Gasteiger partial charge in [0.1, 0.15) is 0 Å². The average molecular weight is 276 g/mol. The highest BCUT2D eigenvalue weighted by Crippen LogP contribution is 2.27. The third-order valence-electron chi connectivity index (χ3n) is 2.60. The van der Waals surface area contributed by atoms with Crippen molar-refractivity contribution in [1.82, 2.24) is 9.21 Å². The quantitative estimate of drug-likeness (QED) is 0.778. The average Bonchev–Trinajstić information content (AvgIpc) is 2.42. The van der Waals surface area contributed by atoms with E-state index in [1.165, 1.54) is 0 Å². The smallest absolute Gasteiger partial charge is 0.395 e. The molecule has 1 rings (SSSR count). The molecule has 17 heavy (non-hydrogen) atoms. The van der Waals surface area contributed by atoms with Crippen molar-refractivity contribution in [3.8, 4) is 0 Å². The van der Waals surface area contributed by atoms with Crippen LogP contribution in [0, 0.1) is 0 Å². The summed E-state index contributed by atoms with van der Waals surface area (Å²) in [5, 5.41) is 8.71. The van der Waals surface area contributed by atoms with Crippen LogP contribution in [0.2, 0.25) is 0 Å². The fourth-order valence-corrected chi connectivity index (χ4v) is 2.68. The van der Waals surface area contributed by atoms with Crippen LogP contribution in [-0.2, 0) is 10.0 Å². The van der Waals surface area contributed by atoms with E-state index in [4.69, 9.17) is 5.11 Å². The molecule has 1 saturated heterocycles. The number of nitrogens with zero attached hydrogens (tertiary/aromatic N) is 2. The first-order valence-corrected chi connectivity index (χ1v) is 6.62. The molecular weight excluding hydrogens is 261 g/mol. The van der Waals surface area contributed by atoms with Crippen LogP contribution in [0.4, 0.5) is 13.2 Å². The lowest BCUT2D eigenvalue weighted by Crippen LogP contribution is -2.42. The monoisotopic (exact) mass is 276 g/mol. The van der Waals surface area contributed by atoms with Crippen LogP contribution < -0.4 is 0 Å². The zero-order valence-corrected chi connectivity index (χ0v) is 9.97. The van der Waals surface area contributed by atoms with Gasteiger partial charge in [-0.25, -0.2) is 8.42 Å². The summed E-state index contributed by atoms with van der Waals surface area (Å²) in [6.45, 7) is 0.623. The highest BCUT2D eigenvalue weighted by Gasteiger charge is 2.49. The van der Waals surface area contributed by atoms with Gasteiger partial charge in [-0.1, -0.05) is 0 Å². The van der Waals surface area contributed by atoms with Gasteiger partial charge in [-0.2, -0.15) is 17.5 Å². The Morgan fingerprint density at radius 3 is 2.29 bits per heavy atom. The summed E-state index contributed by atoms with van der Waals surface area (Å²) in [5.41, 5.74) is -5.24. The van der Waals surface area contributed by atoms with Crippen molar-refractivity contribution in [2.45, 2.75) is 11.9 Å². The van der Waals surface area contributed by atoms with Crippen LogP contribution in [0.1, 0.15) is 6.42 Å². The molecule has 0 atom stereocenters. The fourth-order valence-electron chi connectivity index (χ4n) is 1.70. The lowest BCUT2D eigenvalue weighted by molar-refractivity contribution is -0.0488. The van der Waals surface area contributed by atoms with E-state index in [2.05, 4.69) is 0 Å². The Kier molecular flexibility index (Phi) is 4.76. The molecule has 1 fully saturated rings. The Balaban J connectivity index is 2.69. The molecule has 0 aromatic carbocycles. The molecule has 1 heterocycles. The van der Waals surface area contributed by atoms with Gasteiger partial charge in [-0.15, -0.1) is 0 Å². The summed E-state index contributed by atoms with van der Waals surface area (Å²) in [5.74, 6) is 0. The Morgan fingerprint density at radius 2 is 1.76 bits per heavy atom. The molecule has 0 aromatic heterocycles. The minimum Gasteiger partial charge on any atom is -0.395 e. The first-order chi connectivity index (χ1) is 7.79. The van der Waals surface area contributed by atoms with Crippen molar-refractivity contribution in [3.63, 3.8) is 0 Å². The lowest BCUT2D eigenvalue weighted by Gasteiger charge is -2.22. The molecule has 0 saturated carbocycles. The first-order valence-electron chi connectivity index (χ1n) is 5.18. The fraction of sp³-hybridized carbons (Fsp3) is 1.00. The number of rotatable bonds is 3. The largest absolute Gasteiger partial charge is 0.511 e. The van der Waals surface area contributed by atoms with Crippen molar-refractivity contribution in [2.75, 3.05) is 39.3 Å². The number of hydrogen-bond acceptors (Lipinski definition) is 4. The predicted molar refractivity (Wildman–Crippen MR) is 54.7 cm³/mol. The van der Waals surface area contributed by atoms with Crippen LogP contribution in [0.25, 0.3) is 0 Å². The van der Waals surface area contributed by atoms with Gasteiger partial charge in [0.2, 0.25) is 0 Å². The number of hydrogen-bond donors (Lipinski definition) is 1. The molecule has 1 aliphatic heterocycles. The van der Waals surface area contributed by atoms with Crippen molar-refractivity contribution in [2.24, 2.45) is 0 Å². The van der Waals surface area contributed by atoms with Gasteiger partial charge in [0.25, 0.3) is 0 Å². The molecule has 0 bridgehead atoms. The molecule has 1 aliphatic rings. The number of alkyl halides is 3. The second kappa shape index (κ2) is 5.51. The van der Waals surface area contributed by atoms with Gasteiger partial charge in [0.15, 0.2) is 0 Å². The third kappa shape index (κ3) is 3.54. The molecule has 1 N–H and O–H groups in total. The maximum Gasteiger partial charge on any atom is 0.511 e. The SMILES string of the molecule is O=S(=O)(N1CCCN(CCO)CC1)C(F)(F)F. The van der Waals surface area contributed by atoms with Crippen LogP contribution in [0.15, 0.2) is 0 Å². The van der Waals surface area contributed by atoms with E-state index in [1.807, 2.05) is 0 Å². The minimum atomic E-state index is -5.24. The van der Waals surface area contributed by atoms with Gasteiger partial charge in [0, 0.05) is 26.2 Å². The van der Waals surface area contributed by atoms with Crippen LogP contribution in [0.5, 0.6) is 0 Å². The molecule has 0 unspecified atom stereocenters. The number of aliphatic hydroxyl groups excluding tert-OH is 1. The van der Waals surface area contributed by atoms with Gasteiger partial charge >= 0.3 is 15.5 Å². The summed E-state index contributed by atoms with van der Waals surface area (Å²) in [6.07, 6.45) is 0.329. The van der Waals surface area contributed by atoms with E-state index in [-0.39, 0.29) is 26.2 Å². The molecule has 0 amide bonds. The number of sulfonamides is 1. The molecule has 0 radical (unpaired) electrons. The van der Waals surface area contributed by atoms with Gasteiger partial charge in [-0.05, 0) is 13.0 Å². The summed E-state index contributed by atoms with van der Waals surface area (Å²) in [4.78, 5) is 1.74. The molecule has 102 valence electrons. The molecule has 0 spiro atoms. The van der Waals surface area contributed by atoms with Crippen molar-refractivity contribution in [1.29, 1.82) is 0 Å². The zero-order valence-electron chi connectivity index (χ0n) is 9.15. The molecular formula is C8H15F3N2O3S. The van der Waals surface area contributed by atoms with Crippen LogP contribution >= 0.6 is 0 Å². The van der Waals surface area contributed by atoms with E-state index in [0.717, 1.165) is 0 Å². The van der Waals surface area contributed by atoms with Crippen LogP contribution in [0.3, 0.4) is 0 Å². The van der Waals surface area contributed by atoms with E-state index in [0.29, 0.717) is 23.8 Å². The summed E-state index contributed by atoms with van der Waals surface area (Å²) in [6, 6.07) is 0. The number of halogens is 3. The Hall–Kier alpha value is -0.380. The molecule has 5 nitrogen and oxygen atoms in total. The molecule has 0 aromatic rings. The molecule has 9 heteroatoms. The summed E-state index contributed by atoms with van der Waals surface area (Å²) < 4.78 is 59.7. The summed E-state index contributed by atoms with van der Waals surface area (Å²) >= 11 is 0. The third-order valence-corrected chi connectivity index (χ3v) is 4.23. The number of aliphatic hydroxyl groups is 1.